The monoisotopic (exact) mass is 262 g/mol. The van der Waals surface area contributed by atoms with Crippen LogP contribution in [0.15, 0.2) is 18.2 Å². The van der Waals surface area contributed by atoms with Crippen molar-refractivity contribution in [2.75, 3.05) is 5.73 Å². The molecule has 0 heterocycles. The van der Waals surface area contributed by atoms with Crippen LogP contribution in [-0.2, 0) is 0 Å². The van der Waals surface area contributed by atoms with Gasteiger partial charge in [-0.25, -0.2) is 0 Å². The number of hydrogen-bond donors (Lipinski definition) is 2. The molecule has 0 radical (unpaired) electrons. The normalized spacial score (nSPS) is 13.0. The third-order valence-electron chi connectivity index (χ3n) is 1.54. The summed E-state index contributed by atoms with van der Waals surface area (Å²) in [6, 6.07) is 5.90. The zero-order chi connectivity index (χ0) is 8.43. The van der Waals surface area contributed by atoms with Crippen LogP contribution in [0.3, 0.4) is 0 Å². The molecule has 1 rings (SSSR count). The molecule has 0 fully saturated rings. The Hall–Kier alpha value is -0.290. The number of anilines is 1. The second kappa shape index (κ2) is 3.40. The predicted molar refractivity (Wildman–Crippen MR) is 56.2 cm³/mol. The molecule has 0 saturated carbocycles. The van der Waals surface area contributed by atoms with Crippen molar-refractivity contribution < 1.29 is 0 Å². The molecule has 0 aliphatic rings. The van der Waals surface area contributed by atoms with E-state index < -0.39 is 0 Å². The summed E-state index contributed by atoms with van der Waals surface area (Å²) in [5, 5.41) is 0. The first-order valence-corrected chi connectivity index (χ1v) is 4.49. The second-order valence-electron chi connectivity index (χ2n) is 2.56. The van der Waals surface area contributed by atoms with Crippen LogP contribution in [0.4, 0.5) is 5.69 Å². The fourth-order valence-electron chi connectivity index (χ4n) is 0.940. The van der Waals surface area contributed by atoms with Gasteiger partial charge in [0.2, 0.25) is 0 Å². The van der Waals surface area contributed by atoms with E-state index in [1.54, 1.807) is 0 Å². The van der Waals surface area contributed by atoms with Gasteiger partial charge in [0, 0.05) is 15.3 Å². The van der Waals surface area contributed by atoms with Crippen LogP contribution in [-0.4, -0.2) is 0 Å². The van der Waals surface area contributed by atoms with Crippen molar-refractivity contribution in [2.45, 2.75) is 13.0 Å². The third-order valence-corrected chi connectivity index (χ3v) is 2.21. The van der Waals surface area contributed by atoms with Gasteiger partial charge < -0.3 is 11.5 Å². The Morgan fingerprint density at radius 1 is 1.45 bits per heavy atom. The van der Waals surface area contributed by atoms with E-state index in [9.17, 15) is 0 Å². The molecule has 0 bridgehead atoms. The highest BCUT2D eigenvalue weighted by Crippen LogP contribution is 2.20. The molecular weight excluding hydrogens is 251 g/mol. The molecule has 1 aromatic rings. The Bertz CT molecular complexity index is 258. The highest BCUT2D eigenvalue weighted by molar-refractivity contribution is 14.1. The summed E-state index contributed by atoms with van der Waals surface area (Å²) in [6.45, 7) is 1.93. The summed E-state index contributed by atoms with van der Waals surface area (Å²) in [5.74, 6) is 0. The SMILES string of the molecule is C[C@H](N)c1cc(I)ccc1N. The van der Waals surface area contributed by atoms with Gasteiger partial charge in [-0.3, -0.25) is 0 Å². The van der Waals surface area contributed by atoms with Crippen molar-refractivity contribution in [2.24, 2.45) is 5.73 Å². The summed E-state index contributed by atoms with van der Waals surface area (Å²) in [5.41, 5.74) is 13.2. The van der Waals surface area contributed by atoms with E-state index in [1.807, 2.05) is 25.1 Å². The highest BCUT2D eigenvalue weighted by Gasteiger charge is 2.03. The summed E-state index contributed by atoms with van der Waals surface area (Å²) < 4.78 is 1.17. The maximum absolute atomic E-state index is 5.71. The van der Waals surface area contributed by atoms with Crippen molar-refractivity contribution in [1.82, 2.24) is 0 Å². The first-order chi connectivity index (χ1) is 5.11. The van der Waals surface area contributed by atoms with Crippen molar-refractivity contribution >= 4 is 28.3 Å². The standard InChI is InChI=1S/C8H11IN2/c1-5(10)7-4-6(9)2-3-8(7)11/h2-5H,10-11H2,1H3/t5-/m0/s1. The predicted octanol–water partition coefficient (Wildman–Crippen LogP) is 1.89. The van der Waals surface area contributed by atoms with Crippen LogP contribution in [0.1, 0.15) is 18.5 Å². The minimum Gasteiger partial charge on any atom is -0.398 e. The largest absolute Gasteiger partial charge is 0.398 e. The number of rotatable bonds is 1. The van der Waals surface area contributed by atoms with Crippen LogP contribution >= 0.6 is 22.6 Å². The highest BCUT2D eigenvalue weighted by atomic mass is 127. The smallest absolute Gasteiger partial charge is 0.0363 e. The lowest BCUT2D eigenvalue weighted by molar-refractivity contribution is 0.820. The Morgan fingerprint density at radius 2 is 2.09 bits per heavy atom. The molecule has 0 saturated heterocycles. The number of nitrogen functional groups attached to an aromatic ring is 1. The number of benzene rings is 1. The van der Waals surface area contributed by atoms with E-state index in [2.05, 4.69) is 22.6 Å². The van der Waals surface area contributed by atoms with Gasteiger partial charge in [-0.1, -0.05) is 0 Å². The van der Waals surface area contributed by atoms with E-state index in [0.717, 1.165) is 11.3 Å². The van der Waals surface area contributed by atoms with E-state index in [-0.39, 0.29) is 6.04 Å². The molecule has 4 N–H and O–H groups in total. The van der Waals surface area contributed by atoms with Gasteiger partial charge in [-0.15, -0.1) is 0 Å². The molecule has 60 valence electrons. The van der Waals surface area contributed by atoms with Crippen LogP contribution in [0.2, 0.25) is 0 Å². The topological polar surface area (TPSA) is 52.0 Å². The van der Waals surface area contributed by atoms with E-state index in [4.69, 9.17) is 11.5 Å². The summed E-state index contributed by atoms with van der Waals surface area (Å²) in [7, 11) is 0. The van der Waals surface area contributed by atoms with Crippen LogP contribution in [0.25, 0.3) is 0 Å². The number of halogens is 1. The maximum Gasteiger partial charge on any atom is 0.0363 e. The first-order valence-electron chi connectivity index (χ1n) is 3.42. The zero-order valence-corrected chi connectivity index (χ0v) is 8.50. The minimum atomic E-state index is 0.0183. The fraction of sp³-hybridized carbons (Fsp3) is 0.250. The Morgan fingerprint density at radius 3 is 2.55 bits per heavy atom. The van der Waals surface area contributed by atoms with Crippen molar-refractivity contribution in [3.63, 3.8) is 0 Å². The minimum absolute atomic E-state index is 0.0183. The summed E-state index contributed by atoms with van der Waals surface area (Å²) in [6.07, 6.45) is 0. The van der Waals surface area contributed by atoms with Crippen molar-refractivity contribution in [3.05, 3.63) is 27.3 Å². The maximum atomic E-state index is 5.71. The van der Waals surface area contributed by atoms with Gasteiger partial charge in [-0.2, -0.15) is 0 Å². The molecule has 1 aromatic carbocycles. The Balaban J connectivity index is 3.13. The van der Waals surface area contributed by atoms with Crippen molar-refractivity contribution in [3.8, 4) is 0 Å². The van der Waals surface area contributed by atoms with Gasteiger partial charge in [0.1, 0.15) is 0 Å². The van der Waals surface area contributed by atoms with Crippen LogP contribution < -0.4 is 11.5 Å². The van der Waals surface area contributed by atoms with Gasteiger partial charge in [0.05, 0.1) is 0 Å². The van der Waals surface area contributed by atoms with Crippen molar-refractivity contribution in [1.29, 1.82) is 0 Å². The van der Waals surface area contributed by atoms with Gasteiger partial charge in [0.25, 0.3) is 0 Å². The lowest BCUT2D eigenvalue weighted by atomic mass is 10.1. The molecule has 3 heteroatoms. The Labute approximate surface area is 80.1 Å². The quantitative estimate of drug-likeness (QED) is 0.599. The molecule has 11 heavy (non-hydrogen) atoms. The summed E-state index contributed by atoms with van der Waals surface area (Å²) in [4.78, 5) is 0. The lowest BCUT2D eigenvalue weighted by Gasteiger charge is -2.08. The fourth-order valence-corrected chi connectivity index (χ4v) is 1.46. The summed E-state index contributed by atoms with van der Waals surface area (Å²) >= 11 is 2.24. The Kier molecular flexibility index (Phi) is 2.72. The molecule has 0 aromatic heterocycles. The second-order valence-corrected chi connectivity index (χ2v) is 3.81. The van der Waals surface area contributed by atoms with Gasteiger partial charge >= 0.3 is 0 Å². The molecule has 1 atom stereocenters. The molecule has 0 amide bonds. The lowest BCUT2D eigenvalue weighted by Crippen LogP contribution is -2.08. The average molecular weight is 262 g/mol. The number of hydrogen-bond acceptors (Lipinski definition) is 2. The average Bonchev–Trinajstić information content (AvgIpc) is 1.94. The molecule has 0 unspecified atom stereocenters. The molecule has 2 nitrogen and oxygen atoms in total. The molecule has 0 aliphatic carbocycles. The van der Waals surface area contributed by atoms with Gasteiger partial charge in [-0.05, 0) is 53.3 Å². The van der Waals surface area contributed by atoms with E-state index in [1.165, 1.54) is 3.57 Å². The van der Waals surface area contributed by atoms with Gasteiger partial charge in [0.15, 0.2) is 0 Å². The van der Waals surface area contributed by atoms with E-state index >= 15 is 0 Å². The van der Waals surface area contributed by atoms with Crippen LogP contribution in [0.5, 0.6) is 0 Å². The number of nitrogens with two attached hydrogens (primary N) is 2. The molecule has 0 spiro atoms. The first kappa shape index (κ1) is 8.80. The molecule has 0 aliphatic heterocycles. The van der Waals surface area contributed by atoms with Crippen LogP contribution in [0, 0.1) is 3.57 Å². The van der Waals surface area contributed by atoms with E-state index in [0.29, 0.717) is 0 Å². The zero-order valence-electron chi connectivity index (χ0n) is 6.34. The molecular formula is C8H11IN2. The third kappa shape index (κ3) is 2.07.